The van der Waals surface area contributed by atoms with Gasteiger partial charge in [-0.05, 0) is 35.6 Å². The van der Waals surface area contributed by atoms with Gasteiger partial charge in [0, 0.05) is 19.5 Å². The highest BCUT2D eigenvalue weighted by Gasteiger charge is 2.34. The van der Waals surface area contributed by atoms with Crippen LogP contribution in [0.25, 0.3) is 0 Å². The van der Waals surface area contributed by atoms with Crippen molar-refractivity contribution in [3.63, 3.8) is 0 Å². The normalized spacial score (nSPS) is 17.2. The lowest BCUT2D eigenvalue weighted by molar-refractivity contribution is -0.156. The van der Waals surface area contributed by atoms with E-state index < -0.39 is 69.6 Å². The van der Waals surface area contributed by atoms with E-state index in [1.54, 1.807) is 24.3 Å². The quantitative estimate of drug-likeness (QED) is 0.0661. The van der Waals surface area contributed by atoms with Gasteiger partial charge in [0.25, 0.3) is 0 Å². The molecule has 260 valence electrons. The van der Waals surface area contributed by atoms with Gasteiger partial charge in [-0.3, -0.25) is 0 Å². The van der Waals surface area contributed by atoms with Crippen LogP contribution in [0.4, 0.5) is 4.79 Å². The van der Waals surface area contributed by atoms with Gasteiger partial charge in [-0.2, -0.15) is 0 Å². The van der Waals surface area contributed by atoms with Crippen LogP contribution in [-0.2, 0) is 36.6 Å². The lowest BCUT2D eigenvalue weighted by Gasteiger charge is -2.30. The molecule has 0 radical (unpaired) electrons. The monoisotopic (exact) mass is 661 g/mol. The van der Waals surface area contributed by atoms with E-state index in [0.717, 1.165) is 5.56 Å². The summed E-state index contributed by atoms with van der Waals surface area (Å²) >= 11 is 0. The van der Waals surface area contributed by atoms with E-state index in [2.05, 4.69) is 5.32 Å². The molecule has 1 aliphatic heterocycles. The van der Waals surface area contributed by atoms with E-state index in [1.807, 2.05) is 44.2 Å². The standard InChI is InChI=1S/C32H48BN3O11/c1-21(2)16-28(34)47-33-46-27(30(40)29(39)26(38)18-37)20-45-31(41)25(35-32(42)36-12-14-43-15-13-36)17-22-8-10-24(11-9-22)44-19-23-6-4-3-5-7-23/h3-11,21,25-30,33,37-40H,12-20,34H2,1-2H3,(H,35,42)/t25-,26+,27+,28+,29+,30+/m0/s1. The number of carbonyl (C=O) groups is 2. The van der Waals surface area contributed by atoms with Crippen molar-refractivity contribution in [2.24, 2.45) is 11.7 Å². The molecule has 7 N–H and O–H groups in total. The predicted octanol–water partition coefficient (Wildman–Crippen LogP) is -0.164. The molecular weight excluding hydrogens is 613 g/mol. The summed E-state index contributed by atoms with van der Waals surface area (Å²) in [7, 11) is -0.412. The summed E-state index contributed by atoms with van der Waals surface area (Å²) in [6.07, 6.45) is -6.73. The first-order valence-corrected chi connectivity index (χ1v) is 15.8. The first kappa shape index (κ1) is 38.2. The van der Waals surface area contributed by atoms with Crippen molar-refractivity contribution in [1.29, 1.82) is 0 Å². The number of carbonyl (C=O) groups excluding carboxylic acids is 2. The third kappa shape index (κ3) is 13.4. The summed E-state index contributed by atoms with van der Waals surface area (Å²) in [6, 6.07) is 15.2. The van der Waals surface area contributed by atoms with Crippen LogP contribution in [0, 0.1) is 5.92 Å². The molecule has 1 fully saturated rings. The Kier molecular flexibility index (Phi) is 16.4. The number of urea groups is 1. The maximum Gasteiger partial charge on any atom is 0.439 e. The summed E-state index contributed by atoms with van der Waals surface area (Å²) < 4.78 is 27.7. The van der Waals surface area contributed by atoms with Crippen LogP contribution >= 0.6 is 0 Å². The molecule has 14 nitrogen and oxygen atoms in total. The van der Waals surface area contributed by atoms with Crippen molar-refractivity contribution in [1.82, 2.24) is 10.2 Å². The number of hydrogen-bond acceptors (Lipinski definition) is 12. The van der Waals surface area contributed by atoms with Gasteiger partial charge in [-0.25, -0.2) is 9.59 Å². The van der Waals surface area contributed by atoms with Crippen LogP contribution in [0.1, 0.15) is 31.4 Å². The molecule has 1 saturated heterocycles. The number of morpholine rings is 1. The molecule has 2 aromatic carbocycles. The van der Waals surface area contributed by atoms with E-state index in [1.165, 1.54) is 4.90 Å². The number of benzene rings is 2. The number of nitrogens with one attached hydrogen (secondary N) is 1. The van der Waals surface area contributed by atoms with Gasteiger partial charge in [0.2, 0.25) is 0 Å². The Morgan fingerprint density at radius 2 is 1.66 bits per heavy atom. The highest BCUT2D eigenvalue weighted by Crippen LogP contribution is 2.17. The van der Waals surface area contributed by atoms with Crippen molar-refractivity contribution >= 4 is 19.7 Å². The number of esters is 1. The molecule has 47 heavy (non-hydrogen) atoms. The third-order valence-electron chi connectivity index (χ3n) is 7.46. The van der Waals surface area contributed by atoms with Crippen LogP contribution in [0.5, 0.6) is 5.75 Å². The highest BCUT2D eigenvalue weighted by molar-refractivity contribution is 6.18. The largest absolute Gasteiger partial charge is 0.489 e. The van der Waals surface area contributed by atoms with E-state index in [4.69, 9.17) is 29.3 Å². The summed E-state index contributed by atoms with van der Waals surface area (Å²) in [5.41, 5.74) is 7.66. The second kappa shape index (κ2) is 20.2. The van der Waals surface area contributed by atoms with Crippen molar-refractivity contribution in [3.05, 3.63) is 65.7 Å². The molecule has 0 saturated carbocycles. The molecular formula is C32H48BN3O11. The maximum atomic E-state index is 13.4. The van der Waals surface area contributed by atoms with Gasteiger partial charge in [0.05, 0.1) is 26.0 Å². The Morgan fingerprint density at radius 3 is 2.30 bits per heavy atom. The zero-order valence-corrected chi connectivity index (χ0v) is 27.0. The lowest BCUT2D eigenvalue weighted by Crippen LogP contribution is -2.53. The molecule has 0 spiro atoms. The first-order valence-electron chi connectivity index (χ1n) is 15.8. The molecule has 2 amide bonds. The minimum Gasteiger partial charge on any atom is -0.489 e. The first-order chi connectivity index (χ1) is 22.6. The van der Waals surface area contributed by atoms with Crippen molar-refractivity contribution < 1.29 is 53.5 Å². The van der Waals surface area contributed by atoms with Gasteiger partial charge in [-0.1, -0.05) is 56.3 Å². The Labute approximate surface area is 276 Å². The second-order valence-electron chi connectivity index (χ2n) is 11.7. The zero-order valence-electron chi connectivity index (χ0n) is 27.0. The van der Waals surface area contributed by atoms with Crippen LogP contribution in [0.3, 0.4) is 0 Å². The van der Waals surface area contributed by atoms with Gasteiger partial charge in [0.1, 0.15) is 49.4 Å². The second-order valence-corrected chi connectivity index (χ2v) is 11.7. The molecule has 0 unspecified atom stereocenters. The number of ether oxygens (including phenoxy) is 3. The fourth-order valence-electron chi connectivity index (χ4n) is 4.71. The SMILES string of the molecule is CC(C)C[C@H](N)OBO[C@H](COC(=O)[C@H](Cc1ccc(OCc2ccccc2)cc1)NC(=O)N1CCOCC1)[C@@H](O)[C@H](O)[C@H](O)CO. The number of rotatable bonds is 19. The van der Waals surface area contributed by atoms with E-state index >= 15 is 0 Å². The highest BCUT2D eigenvalue weighted by atomic mass is 16.6. The molecule has 3 rings (SSSR count). The number of hydrogen-bond donors (Lipinski definition) is 6. The van der Waals surface area contributed by atoms with Crippen LogP contribution in [0.15, 0.2) is 54.6 Å². The summed E-state index contributed by atoms with van der Waals surface area (Å²) in [5.74, 6) is 0.0462. The number of aliphatic hydroxyl groups is 4. The Balaban J connectivity index is 1.69. The number of amides is 2. The summed E-state index contributed by atoms with van der Waals surface area (Å²) in [6.45, 7) is 4.36. The maximum absolute atomic E-state index is 13.4. The van der Waals surface area contributed by atoms with Crippen LogP contribution in [-0.4, -0.2) is 121 Å². The molecule has 0 aromatic heterocycles. The molecule has 1 heterocycles. The van der Waals surface area contributed by atoms with Crippen molar-refractivity contribution in [2.75, 3.05) is 39.5 Å². The third-order valence-corrected chi connectivity index (χ3v) is 7.46. The fraction of sp³-hybridized carbons (Fsp3) is 0.562. The van der Waals surface area contributed by atoms with E-state index in [9.17, 15) is 30.0 Å². The average Bonchev–Trinajstić information content (AvgIpc) is 3.08. The topological polar surface area (TPSA) is 202 Å². The Hall–Kier alpha value is -3.28. The Bertz CT molecular complexity index is 1190. The average molecular weight is 662 g/mol. The minimum atomic E-state index is -1.83. The fourth-order valence-corrected chi connectivity index (χ4v) is 4.71. The van der Waals surface area contributed by atoms with Crippen LogP contribution in [0.2, 0.25) is 0 Å². The number of nitrogens with zero attached hydrogens (tertiary/aromatic N) is 1. The van der Waals surface area contributed by atoms with E-state index in [-0.39, 0.29) is 12.3 Å². The molecule has 6 atom stereocenters. The van der Waals surface area contributed by atoms with Gasteiger partial charge >= 0.3 is 19.7 Å². The van der Waals surface area contributed by atoms with Crippen molar-refractivity contribution in [3.8, 4) is 5.75 Å². The minimum absolute atomic E-state index is 0.0704. The van der Waals surface area contributed by atoms with Crippen LogP contribution < -0.4 is 15.8 Å². The molecule has 0 bridgehead atoms. The van der Waals surface area contributed by atoms with Gasteiger partial charge in [-0.15, -0.1) is 0 Å². The molecule has 1 aliphatic rings. The smallest absolute Gasteiger partial charge is 0.439 e. The predicted molar refractivity (Wildman–Crippen MR) is 172 cm³/mol. The van der Waals surface area contributed by atoms with Gasteiger partial charge < -0.3 is 59.9 Å². The molecule has 15 heteroatoms. The van der Waals surface area contributed by atoms with Crippen molar-refractivity contribution in [2.45, 2.75) is 70.0 Å². The van der Waals surface area contributed by atoms with Gasteiger partial charge in [0.15, 0.2) is 0 Å². The number of nitrogens with two attached hydrogens (primary N) is 1. The zero-order chi connectivity index (χ0) is 34.2. The molecule has 0 aliphatic carbocycles. The lowest BCUT2D eigenvalue weighted by atomic mass is 10.0. The van der Waals surface area contributed by atoms with E-state index in [0.29, 0.717) is 50.6 Å². The summed E-state index contributed by atoms with van der Waals surface area (Å²) in [4.78, 5) is 28.0. The molecule has 2 aromatic rings. The number of aliphatic hydroxyl groups excluding tert-OH is 4. The Morgan fingerprint density at radius 1 is 0.979 bits per heavy atom. The summed E-state index contributed by atoms with van der Waals surface area (Å²) in [5, 5.41) is 42.9.